The lowest BCUT2D eigenvalue weighted by Gasteiger charge is -2.19. The normalized spacial score (nSPS) is 12.0. The number of rotatable bonds is 2. The maximum Gasteiger partial charge on any atom is 0.139 e. The van der Waals surface area contributed by atoms with Gasteiger partial charge in [-0.15, -0.1) is 0 Å². The predicted octanol–water partition coefficient (Wildman–Crippen LogP) is 11.1. The molecular weight excluding hydrogens is 488 g/mol. The molecule has 2 heterocycles. The van der Waals surface area contributed by atoms with Crippen molar-refractivity contribution in [2.24, 2.45) is 0 Å². The van der Waals surface area contributed by atoms with Gasteiger partial charge in [-0.1, -0.05) is 103 Å². The quantitative estimate of drug-likeness (QED) is 0.216. The van der Waals surface area contributed by atoms with E-state index >= 15 is 0 Å². The van der Waals surface area contributed by atoms with Crippen LogP contribution in [0.3, 0.4) is 0 Å². The minimum atomic E-state index is 0.837. The lowest BCUT2D eigenvalue weighted by Crippen LogP contribution is -1.92. The third-order valence-electron chi connectivity index (χ3n) is 8.33. The molecule has 0 aliphatic carbocycles. The average Bonchev–Trinajstić information content (AvgIpc) is 3.62. The molecule has 2 aromatic heterocycles. The van der Waals surface area contributed by atoms with E-state index in [-0.39, 0.29) is 0 Å². The van der Waals surface area contributed by atoms with E-state index in [9.17, 15) is 0 Å². The van der Waals surface area contributed by atoms with Crippen molar-refractivity contribution in [3.8, 4) is 22.3 Å². The van der Waals surface area contributed by atoms with Gasteiger partial charge in [0.1, 0.15) is 16.7 Å². The Morgan fingerprint density at radius 1 is 0.375 bits per heavy atom. The fourth-order valence-corrected chi connectivity index (χ4v) is 6.64. The van der Waals surface area contributed by atoms with Crippen molar-refractivity contribution in [2.45, 2.75) is 0 Å². The summed E-state index contributed by atoms with van der Waals surface area (Å²) in [6, 6.07) is 45.6. The molecule has 0 bridgehead atoms. The lowest BCUT2D eigenvalue weighted by atomic mass is 9.84. The van der Waals surface area contributed by atoms with Crippen LogP contribution in [-0.2, 0) is 0 Å². The van der Waals surface area contributed by atoms with Gasteiger partial charge < -0.3 is 8.83 Å². The molecule has 0 amide bonds. The van der Waals surface area contributed by atoms with Crippen LogP contribution in [0.2, 0.25) is 0 Å². The Morgan fingerprint density at radius 2 is 0.975 bits per heavy atom. The summed E-state index contributed by atoms with van der Waals surface area (Å²) in [5.74, 6) is 0. The summed E-state index contributed by atoms with van der Waals surface area (Å²) in [6.07, 6.45) is 1.74. The van der Waals surface area contributed by atoms with Crippen LogP contribution in [0.5, 0.6) is 0 Å². The minimum Gasteiger partial charge on any atom is -0.464 e. The second kappa shape index (κ2) is 8.08. The van der Waals surface area contributed by atoms with Crippen LogP contribution in [0.1, 0.15) is 0 Å². The summed E-state index contributed by atoms with van der Waals surface area (Å²) >= 11 is 0. The van der Waals surface area contributed by atoms with E-state index < -0.39 is 0 Å². The first-order valence-electron chi connectivity index (χ1n) is 13.6. The Hall–Kier alpha value is -5.34. The standard InChI is InChI=1S/C38H22O2/c1-2-11-25-23(9-1)10-7-16-26(25)36-27-12-3-5-14-29(27)37(30-15-6-4-13-28(30)36)31-17-8-18-33-38(31)32-21-24-19-20-39-34(24)22-35(32)40-33/h1-22H. The van der Waals surface area contributed by atoms with Gasteiger partial charge in [0.15, 0.2) is 0 Å². The maximum atomic E-state index is 6.40. The monoisotopic (exact) mass is 510 g/mol. The summed E-state index contributed by atoms with van der Waals surface area (Å²) in [5, 5.41) is 10.8. The minimum absolute atomic E-state index is 0.837. The third-order valence-corrected chi connectivity index (χ3v) is 8.33. The van der Waals surface area contributed by atoms with Gasteiger partial charge in [0.25, 0.3) is 0 Å². The molecular formula is C38H22O2. The van der Waals surface area contributed by atoms with E-state index in [0.717, 1.165) is 32.9 Å². The zero-order valence-corrected chi connectivity index (χ0v) is 21.5. The molecule has 0 atom stereocenters. The van der Waals surface area contributed by atoms with E-state index in [2.05, 4.69) is 115 Å². The van der Waals surface area contributed by atoms with Crippen LogP contribution in [0.15, 0.2) is 142 Å². The molecule has 7 aromatic carbocycles. The zero-order chi connectivity index (χ0) is 26.2. The Morgan fingerprint density at radius 3 is 1.73 bits per heavy atom. The van der Waals surface area contributed by atoms with Crippen molar-refractivity contribution >= 4 is 65.2 Å². The van der Waals surface area contributed by atoms with Gasteiger partial charge in [0, 0.05) is 22.2 Å². The third kappa shape index (κ3) is 2.93. The summed E-state index contributed by atoms with van der Waals surface area (Å²) in [4.78, 5) is 0. The number of benzene rings is 7. The van der Waals surface area contributed by atoms with Gasteiger partial charge in [-0.3, -0.25) is 0 Å². The van der Waals surface area contributed by atoms with Crippen LogP contribution in [-0.4, -0.2) is 0 Å². The van der Waals surface area contributed by atoms with Crippen molar-refractivity contribution < 1.29 is 8.83 Å². The molecule has 186 valence electrons. The predicted molar refractivity (Wildman–Crippen MR) is 167 cm³/mol. The molecule has 0 saturated heterocycles. The van der Waals surface area contributed by atoms with Gasteiger partial charge in [-0.25, -0.2) is 0 Å². The van der Waals surface area contributed by atoms with Crippen LogP contribution < -0.4 is 0 Å². The highest BCUT2D eigenvalue weighted by molar-refractivity contribution is 6.27. The molecule has 0 aliphatic rings. The van der Waals surface area contributed by atoms with Crippen molar-refractivity contribution in [1.29, 1.82) is 0 Å². The fourth-order valence-electron chi connectivity index (χ4n) is 6.64. The molecule has 0 N–H and O–H groups in total. The zero-order valence-electron chi connectivity index (χ0n) is 21.5. The average molecular weight is 511 g/mol. The van der Waals surface area contributed by atoms with Crippen LogP contribution in [0.4, 0.5) is 0 Å². The fraction of sp³-hybridized carbons (Fsp3) is 0. The molecule has 0 fully saturated rings. The Kier molecular flexibility index (Phi) is 4.36. The highest BCUT2D eigenvalue weighted by Crippen LogP contribution is 2.48. The van der Waals surface area contributed by atoms with Crippen molar-refractivity contribution in [3.05, 3.63) is 134 Å². The Bertz CT molecular complexity index is 2370. The molecule has 2 heteroatoms. The smallest absolute Gasteiger partial charge is 0.139 e. The van der Waals surface area contributed by atoms with E-state index in [0.29, 0.717) is 0 Å². The van der Waals surface area contributed by atoms with Gasteiger partial charge in [-0.05, 0) is 72.8 Å². The largest absolute Gasteiger partial charge is 0.464 e. The highest BCUT2D eigenvalue weighted by atomic mass is 16.3. The van der Waals surface area contributed by atoms with E-state index in [1.165, 1.54) is 54.6 Å². The van der Waals surface area contributed by atoms with Crippen LogP contribution >= 0.6 is 0 Å². The van der Waals surface area contributed by atoms with Crippen LogP contribution in [0, 0.1) is 0 Å². The maximum absolute atomic E-state index is 6.40. The van der Waals surface area contributed by atoms with Crippen molar-refractivity contribution in [2.75, 3.05) is 0 Å². The number of hydrogen-bond acceptors (Lipinski definition) is 2. The molecule has 0 unspecified atom stereocenters. The van der Waals surface area contributed by atoms with Gasteiger partial charge in [0.2, 0.25) is 0 Å². The summed E-state index contributed by atoms with van der Waals surface area (Å²) in [6.45, 7) is 0. The van der Waals surface area contributed by atoms with E-state index in [4.69, 9.17) is 8.83 Å². The van der Waals surface area contributed by atoms with E-state index in [1.54, 1.807) is 6.26 Å². The summed E-state index contributed by atoms with van der Waals surface area (Å²) in [5.41, 5.74) is 7.50. The molecule has 2 nitrogen and oxygen atoms in total. The second-order valence-electron chi connectivity index (χ2n) is 10.5. The molecule has 9 rings (SSSR count). The van der Waals surface area contributed by atoms with E-state index in [1.807, 2.05) is 12.1 Å². The van der Waals surface area contributed by atoms with Gasteiger partial charge >= 0.3 is 0 Å². The van der Waals surface area contributed by atoms with Crippen molar-refractivity contribution in [3.63, 3.8) is 0 Å². The van der Waals surface area contributed by atoms with Gasteiger partial charge in [0.05, 0.1) is 6.26 Å². The molecule has 0 aliphatic heterocycles. The SMILES string of the molecule is c1ccc2c(-c3c4ccccc4c(-c4cccc5oc6cc7occc7cc6c45)c4ccccc34)cccc2c1. The second-order valence-corrected chi connectivity index (χ2v) is 10.5. The summed E-state index contributed by atoms with van der Waals surface area (Å²) < 4.78 is 12.1. The Labute approximate surface area is 229 Å². The molecule has 0 saturated carbocycles. The van der Waals surface area contributed by atoms with Crippen LogP contribution in [0.25, 0.3) is 87.5 Å². The number of hydrogen-bond donors (Lipinski definition) is 0. The van der Waals surface area contributed by atoms with Gasteiger partial charge in [-0.2, -0.15) is 0 Å². The Balaban J connectivity index is 1.47. The lowest BCUT2D eigenvalue weighted by molar-refractivity contribution is 0.613. The topological polar surface area (TPSA) is 26.3 Å². The number of furan rings is 2. The molecule has 40 heavy (non-hydrogen) atoms. The van der Waals surface area contributed by atoms with Crippen molar-refractivity contribution in [1.82, 2.24) is 0 Å². The molecule has 9 aromatic rings. The first-order valence-corrected chi connectivity index (χ1v) is 13.6. The summed E-state index contributed by atoms with van der Waals surface area (Å²) in [7, 11) is 0. The number of fused-ring (bicyclic) bond motifs is 7. The highest BCUT2D eigenvalue weighted by Gasteiger charge is 2.21. The molecule has 0 spiro atoms. The first kappa shape index (κ1) is 21.6. The molecule has 0 radical (unpaired) electrons. The first-order chi connectivity index (χ1) is 19.8.